The second kappa shape index (κ2) is 13.3. The van der Waals surface area contributed by atoms with Crippen molar-refractivity contribution in [2.75, 3.05) is 61.5 Å². The van der Waals surface area contributed by atoms with Crippen LogP contribution < -0.4 is 26.3 Å². The number of benzene rings is 4. The summed E-state index contributed by atoms with van der Waals surface area (Å²) in [6.45, 7) is 9.31. The molecule has 4 aromatic rings. The number of nitrogens with zero attached hydrogens (tertiary/aromatic N) is 3. The Morgan fingerprint density at radius 3 is 2.28 bits per heavy atom. The van der Waals surface area contributed by atoms with E-state index in [4.69, 9.17) is 0 Å². The maximum absolute atomic E-state index is 13.9. The minimum Gasteiger partial charge on any atom is -0.369 e. The van der Waals surface area contributed by atoms with Crippen LogP contribution in [0.1, 0.15) is 34.5 Å². The summed E-state index contributed by atoms with van der Waals surface area (Å²) in [5, 5.41) is 12.1. The van der Waals surface area contributed by atoms with Crippen molar-refractivity contribution in [2.45, 2.75) is 25.6 Å². The van der Waals surface area contributed by atoms with E-state index in [1.54, 1.807) is 4.90 Å². The summed E-state index contributed by atoms with van der Waals surface area (Å²) in [7, 11) is 0. The second-order valence-electron chi connectivity index (χ2n) is 12.4. The van der Waals surface area contributed by atoms with Gasteiger partial charge in [0.1, 0.15) is 6.04 Å². The molecule has 0 radical (unpaired) electrons. The number of fused-ring (bicyclic) bond motifs is 1. The monoisotopic (exact) mass is 615 g/mol. The van der Waals surface area contributed by atoms with Crippen molar-refractivity contribution >= 4 is 28.9 Å². The maximum atomic E-state index is 13.9. The summed E-state index contributed by atoms with van der Waals surface area (Å²) < 4.78 is 0. The Morgan fingerprint density at radius 1 is 0.826 bits per heavy atom. The molecule has 4 N–H and O–H groups in total. The molecule has 2 saturated heterocycles. The van der Waals surface area contributed by atoms with Gasteiger partial charge in [0.05, 0.1) is 0 Å². The van der Waals surface area contributed by atoms with Gasteiger partial charge in [-0.2, -0.15) is 0 Å². The van der Waals surface area contributed by atoms with Crippen LogP contribution in [0.4, 0.5) is 17.1 Å². The third-order valence-corrected chi connectivity index (χ3v) is 9.10. The van der Waals surface area contributed by atoms with Crippen LogP contribution >= 0.6 is 0 Å². The molecule has 4 aromatic carbocycles. The number of nitrogens with one attached hydrogen (secondary N) is 4. The number of hydrogen-bond acceptors (Lipinski definition) is 7. The molecule has 3 aliphatic heterocycles. The van der Waals surface area contributed by atoms with E-state index in [0.29, 0.717) is 23.8 Å². The van der Waals surface area contributed by atoms with E-state index in [0.717, 1.165) is 73.8 Å². The Kier molecular flexibility index (Phi) is 8.70. The third-order valence-electron chi connectivity index (χ3n) is 9.10. The van der Waals surface area contributed by atoms with Crippen molar-refractivity contribution in [3.05, 3.63) is 114 Å². The van der Waals surface area contributed by atoms with Crippen molar-refractivity contribution in [2.24, 2.45) is 0 Å². The first-order valence-corrected chi connectivity index (χ1v) is 16.2. The molecule has 3 aliphatic rings. The van der Waals surface area contributed by atoms with Crippen LogP contribution in [0, 0.1) is 0 Å². The molecule has 9 heteroatoms. The lowest BCUT2D eigenvalue weighted by Gasteiger charge is -2.32. The molecule has 46 heavy (non-hydrogen) atoms. The number of hydrazine groups is 1. The molecule has 9 nitrogen and oxygen atoms in total. The normalized spacial score (nSPS) is 19.1. The van der Waals surface area contributed by atoms with Gasteiger partial charge in [0.2, 0.25) is 0 Å². The number of carbonyl (C=O) groups is 2. The van der Waals surface area contributed by atoms with Gasteiger partial charge in [0.25, 0.3) is 11.8 Å². The van der Waals surface area contributed by atoms with E-state index < -0.39 is 6.04 Å². The summed E-state index contributed by atoms with van der Waals surface area (Å²) in [5.74, 6) is -0.378. The molecular formula is C37H41N7O2. The van der Waals surface area contributed by atoms with Crippen molar-refractivity contribution in [3.8, 4) is 11.1 Å². The average molecular weight is 616 g/mol. The van der Waals surface area contributed by atoms with E-state index in [1.807, 2.05) is 66.7 Å². The van der Waals surface area contributed by atoms with E-state index in [2.05, 4.69) is 68.5 Å². The van der Waals surface area contributed by atoms with Crippen LogP contribution in [0.25, 0.3) is 11.1 Å². The fourth-order valence-corrected chi connectivity index (χ4v) is 6.68. The predicted molar refractivity (Wildman–Crippen MR) is 184 cm³/mol. The first-order chi connectivity index (χ1) is 22.5. The molecule has 0 saturated carbocycles. The lowest BCUT2D eigenvalue weighted by molar-refractivity contribution is -0.120. The van der Waals surface area contributed by atoms with Gasteiger partial charge < -0.3 is 31.2 Å². The molecular weight excluding hydrogens is 574 g/mol. The molecule has 0 aromatic heterocycles. The number of hydrogen-bond donors (Lipinski definition) is 4. The second-order valence-corrected chi connectivity index (χ2v) is 12.4. The highest BCUT2D eigenvalue weighted by molar-refractivity contribution is 6.04. The number of anilines is 3. The van der Waals surface area contributed by atoms with Crippen molar-refractivity contribution in [3.63, 3.8) is 0 Å². The van der Waals surface area contributed by atoms with Gasteiger partial charge in [-0.05, 0) is 77.7 Å². The zero-order valence-corrected chi connectivity index (χ0v) is 26.2. The summed E-state index contributed by atoms with van der Waals surface area (Å²) >= 11 is 0. The summed E-state index contributed by atoms with van der Waals surface area (Å²) in [5.41, 5.74) is 10.8. The fraction of sp³-hybridized carbons (Fsp3) is 0.297. The Balaban J connectivity index is 1.07. The highest BCUT2D eigenvalue weighted by atomic mass is 16.2. The van der Waals surface area contributed by atoms with Gasteiger partial charge in [-0.15, -0.1) is 0 Å². The standard InChI is InChI=1S/C37H41N7O2/c1-26-24-43(22-19-39-26)41-32-12-10-31(11-13-32)40-36(45)35(28-5-3-2-4-6-28)44-25-30-23-29(9-16-34(30)37(44)46)27-7-14-33(15-8-27)42-20-17-38-18-21-42/h2-16,23,26,35,38-39,41H,17-22,24-25H2,1H3,(H,40,45). The quantitative estimate of drug-likeness (QED) is 0.228. The van der Waals surface area contributed by atoms with Crippen molar-refractivity contribution in [1.29, 1.82) is 0 Å². The Labute approximate surface area is 270 Å². The van der Waals surface area contributed by atoms with Gasteiger partial charge in [-0.1, -0.05) is 48.5 Å². The van der Waals surface area contributed by atoms with Gasteiger partial charge in [-0.25, -0.2) is 5.01 Å². The van der Waals surface area contributed by atoms with E-state index >= 15 is 0 Å². The lowest BCUT2D eigenvalue weighted by atomic mass is 10.00. The molecule has 0 spiro atoms. The van der Waals surface area contributed by atoms with E-state index in [9.17, 15) is 9.59 Å². The van der Waals surface area contributed by atoms with Gasteiger partial charge in [0.15, 0.2) is 0 Å². The fourth-order valence-electron chi connectivity index (χ4n) is 6.68. The molecule has 2 amide bonds. The first-order valence-electron chi connectivity index (χ1n) is 16.2. The lowest BCUT2D eigenvalue weighted by Crippen LogP contribution is -2.51. The molecule has 0 bridgehead atoms. The van der Waals surface area contributed by atoms with Crippen LogP contribution in [0.5, 0.6) is 0 Å². The Hall–Kier alpha value is -4.70. The number of amides is 2. The molecule has 2 unspecified atom stereocenters. The van der Waals surface area contributed by atoms with Crippen LogP contribution in [-0.4, -0.2) is 73.6 Å². The predicted octanol–water partition coefficient (Wildman–Crippen LogP) is 4.72. The molecule has 7 rings (SSSR count). The molecule has 2 atom stereocenters. The van der Waals surface area contributed by atoms with Crippen LogP contribution in [0.3, 0.4) is 0 Å². The maximum Gasteiger partial charge on any atom is 0.255 e. The molecule has 236 valence electrons. The summed E-state index contributed by atoms with van der Waals surface area (Å²) in [6.07, 6.45) is 0. The zero-order chi connectivity index (χ0) is 31.5. The van der Waals surface area contributed by atoms with Gasteiger partial charge in [0, 0.05) is 81.0 Å². The third kappa shape index (κ3) is 6.48. The van der Waals surface area contributed by atoms with E-state index in [-0.39, 0.29) is 11.8 Å². The highest BCUT2D eigenvalue weighted by Crippen LogP contribution is 2.35. The van der Waals surface area contributed by atoms with E-state index in [1.165, 1.54) is 5.69 Å². The van der Waals surface area contributed by atoms with Gasteiger partial charge in [-0.3, -0.25) is 9.59 Å². The minimum absolute atomic E-state index is 0.135. The smallest absolute Gasteiger partial charge is 0.255 e. The molecule has 2 fully saturated rings. The molecule has 3 heterocycles. The first kappa shape index (κ1) is 30.0. The zero-order valence-electron chi connectivity index (χ0n) is 26.2. The topological polar surface area (TPSA) is 92.0 Å². The average Bonchev–Trinajstić information content (AvgIpc) is 3.41. The van der Waals surface area contributed by atoms with Crippen molar-refractivity contribution < 1.29 is 9.59 Å². The number of rotatable bonds is 8. The van der Waals surface area contributed by atoms with Crippen LogP contribution in [0.2, 0.25) is 0 Å². The molecule has 0 aliphatic carbocycles. The Morgan fingerprint density at radius 2 is 1.54 bits per heavy atom. The summed E-state index contributed by atoms with van der Waals surface area (Å²) in [6, 6.07) is 31.6. The van der Waals surface area contributed by atoms with Crippen molar-refractivity contribution in [1.82, 2.24) is 20.5 Å². The number of piperazine rings is 2. The summed E-state index contributed by atoms with van der Waals surface area (Å²) in [4.78, 5) is 31.8. The van der Waals surface area contributed by atoms with Gasteiger partial charge >= 0.3 is 0 Å². The SMILES string of the molecule is CC1CN(Nc2ccc(NC(=O)C(c3ccccc3)N3Cc4cc(-c5ccc(N6CCNCC6)cc5)ccc4C3=O)cc2)CCN1. The largest absolute Gasteiger partial charge is 0.369 e. The van der Waals surface area contributed by atoms with Crippen LogP contribution in [-0.2, 0) is 11.3 Å². The van der Waals surface area contributed by atoms with Crippen LogP contribution in [0.15, 0.2) is 97.1 Å². The number of carbonyl (C=O) groups excluding carboxylic acids is 2. The Bertz CT molecular complexity index is 1670. The highest BCUT2D eigenvalue weighted by Gasteiger charge is 2.37. The minimum atomic E-state index is -0.775.